The van der Waals surface area contributed by atoms with Crippen molar-refractivity contribution in [3.63, 3.8) is 0 Å². The number of likely N-dealkylation sites (tertiary alicyclic amines) is 1. The fraction of sp³-hybridized carbons (Fsp3) is 0.941. The molecule has 2 aliphatic carbocycles. The molecular weight excluding hydrogens is 294 g/mol. The molecule has 2 heterocycles. The number of nitrogens with one attached hydrogen (secondary N) is 2. The molecule has 2 amide bonds. The van der Waals surface area contributed by atoms with E-state index < -0.39 is 0 Å². The van der Waals surface area contributed by atoms with Crippen LogP contribution in [0.3, 0.4) is 0 Å². The summed E-state index contributed by atoms with van der Waals surface area (Å²) in [5.74, 6) is -0.347. The molecular formula is C17H29N3O3. The first-order valence-electron chi connectivity index (χ1n) is 9.24. The van der Waals surface area contributed by atoms with Crippen LogP contribution in [-0.2, 0) is 9.47 Å². The van der Waals surface area contributed by atoms with Crippen molar-refractivity contribution < 1.29 is 14.3 Å². The van der Waals surface area contributed by atoms with Crippen LogP contribution in [0.1, 0.15) is 51.9 Å². The quantitative estimate of drug-likeness (QED) is 0.828. The minimum atomic E-state index is -0.347. The topological polar surface area (TPSA) is 62.8 Å². The van der Waals surface area contributed by atoms with Gasteiger partial charge in [0.05, 0.1) is 13.2 Å². The van der Waals surface area contributed by atoms with Gasteiger partial charge in [-0.25, -0.2) is 4.79 Å². The summed E-state index contributed by atoms with van der Waals surface area (Å²) in [5.41, 5.74) is 0. The molecule has 2 N–H and O–H groups in total. The Hall–Kier alpha value is -0.850. The number of hydrogen-bond acceptors (Lipinski definition) is 4. The lowest BCUT2D eigenvalue weighted by Crippen LogP contribution is -2.50. The zero-order valence-electron chi connectivity index (χ0n) is 14.1. The highest BCUT2D eigenvalue weighted by molar-refractivity contribution is 5.74. The molecule has 6 nitrogen and oxygen atoms in total. The highest BCUT2D eigenvalue weighted by Gasteiger charge is 2.41. The van der Waals surface area contributed by atoms with Gasteiger partial charge in [0.15, 0.2) is 5.79 Å². The first-order valence-corrected chi connectivity index (χ1v) is 9.24. The SMILES string of the molecule is C[C@H]1C[C@H](NC(=O)NC2CCC3(CC2)OCCO3)CN1C1CC1. The Bertz CT molecular complexity index is 438. The Morgan fingerprint density at radius 2 is 1.70 bits per heavy atom. The van der Waals surface area contributed by atoms with E-state index in [-0.39, 0.29) is 17.9 Å². The highest BCUT2D eigenvalue weighted by Crippen LogP contribution is 2.36. The predicted octanol–water partition coefficient (Wildman–Crippen LogP) is 1.60. The second kappa shape index (κ2) is 6.22. The van der Waals surface area contributed by atoms with Gasteiger partial charge in [-0.3, -0.25) is 4.90 Å². The molecule has 0 unspecified atom stereocenters. The van der Waals surface area contributed by atoms with Crippen molar-refractivity contribution in [2.75, 3.05) is 19.8 Å². The van der Waals surface area contributed by atoms with Gasteiger partial charge in [0.1, 0.15) is 0 Å². The molecule has 2 saturated carbocycles. The molecule has 2 atom stereocenters. The Kier molecular flexibility index (Phi) is 4.24. The molecule has 6 heteroatoms. The number of amides is 2. The van der Waals surface area contributed by atoms with Gasteiger partial charge in [-0.05, 0) is 39.0 Å². The summed E-state index contributed by atoms with van der Waals surface area (Å²) in [6.45, 7) is 4.70. The molecule has 1 spiro atoms. The lowest BCUT2D eigenvalue weighted by molar-refractivity contribution is -0.179. The van der Waals surface area contributed by atoms with Crippen LogP contribution in [0, 0.1) is 0 Å². The number of carbonyl (C=O) groups is 1. The number of rotatable bonds is 3. The smallest absolute Gasteiger partial charge is 0.315 e. The predicted molar refractivity (Wildman–Crippen MR) is 86.2 cm³/mol. The third kappa shape index (κ3) is 3.49. The molecule has 4 aliphatic rings. The van der Waals surface area contributed by atoms with E-state index in [1.165, 1.54) is 12.8 Å². The molecule has 0 aromatic rings. The van der Waals surface area contributed by atoms with Crippen molar-refractivity contribution in [2.45, 2.75) is 81.8 Å². The first-order chi connectivity index (χ1) is 11.1. The summed E-state index contributed by atoms with van der Waals surface area (Å²) in [6.07, 6.45) is 7.36. The molecule has 2 aliphatic heterocycles. The van der Waals surface area contributed by atoms with Gasteiger partial charge in [-0.1, -0.05) is 0 Å². The monoisotopic (exact) mass is 323 g/mol. The van der Waals surface area contributed by atoms with Crippen molar-refractivity contribution in [1.82, 2.24) is 15.5 Å². The zero-order valence-corrected chi connectivity index (χ0v) is 14.1. The molecule has 0 aromatic carbocycles. The van der Waals surface area contributed by atoms with Gasteiger partial charge < -0.3 is 20.1 Å². The number of nitrogens with zero attached hydrogens (tertiary/aromatic N) is 1. The number of ether oxygens (including phenoxy) is 2. The Morgan fingerprint density at radius 3 is 2.35 bits per heavy atom. The molecule has 4 fully saturated rings. The van der Waals surface area contributed by atoms with Crippen molar-refractivity contribution >= 4 is 6.03 Å². The van der Waals surface area contributed by atoms with Gasteiger partial charge in [-0.2, -0.15) is 0 Å². The van der Waals surface area contributed by atoms with E-state index in [2.05, 4.69) is 22.5 Å². The van der Waals surface area contributed by atoms with Crippen LogP contribution in [0.15, 0.2) is 0 Å². The van der Waals surface area contributed by atoms with Crippen LogP contribution in [0.25, 0.3) is 0 Å². The van der Waals surface area contributed by atoms with E-state index in [9.17, 15) is 4.79 Å². The van der Waals surface area contributed by atoms with E-state index in [0.717, 1.165) is 44.7 Å². The fourth-order valence-electron chi connectivity index (χ4n) is 4.48. The second-order valence-corrected chi connectivity index (χ2v) is 7.71. The average Bonchev–Trinajstić information content (AvgIpc) is 3.17. The van der Waals surface area contributed by atoms with E-state index in [1.54, 1.807) is 0 Å². The van der Waals surface area contributed by atoms with Gasteiger partial charge in [0.25, 0.3) is 0 Å². The third-order valence-corrected chi connectivity index (χ3v) is 5.87. The van der Waals surface area contributed by atoms with Crippen LogP contribution in [0.4, 0.5) is 4.79 Å². The van der Waals surface area contributed by atoms with Crippen LogP contribution in [0.5, 0.6) is 0 Å². The zero-order chi connectivity index (χ0) is 15.9. The molecule has 0 bridgehead atoms. The average molecular weight is 323 g/mol. The van der Waals surface area contributed by atoms with Crippen LogP contribution in [0.2, 0.25) is 0 Å². The van der Waals surface area contributed by atoms with Gasteiger partial charge >= 0.3 is 6.03 Å². The van der Waals surface area contributed by atoms with Crippen LogP contribution < -0.4 is 10.6 Å². The fourth-order valence-corrected chi connectivity index (χ4v) is 4.48. The minimum Gasteiger partial charge on any atom is -0.348 e. The standard InChI is InChI=1S/C17H29N3O3/c1-12-10-14(11-20(12)15-2-3-15)19-16(21)18-13-4-6-17(7-5-13)22-8-9-23-17/h12-15H,2-11H2,1H3,(H2,18,19,21)/t12-,14-/m0/s1. The second-order valence-electron chi connectivity index (χ2n) is 7.71. The molecule has 0 radical (unpaired) electrons. The van der Waals surface area contributed by atoms with E-state index >= 15 is 0 Å². The largest absolute Gasteiger partial charge is 0.348 e. The van der Waals surface area contributed by atoms with Crippen LogP contribution in [-0.4, -0.2) is 60.6 Å². The Balaban J connectivity index is 1.20. The lowest BCUT2D eigenvalue weighted by atomic mass is 9.90. The van der Waals surface area contributed by atoms with Crippen LogP contribution >= 0.6 is 0 Å². The summed E-state index contributed by atoms with van der Waals surface area (Å²) in [6, 6.07) is 1.91. The maximum atomic E-state index is 12.3. The summed E-state index contributed by atoms with van der Waals surface area (Å²) in [7, 11) is 0. The number of hydrogen-bond donors (Lipinski definition) is 2. The Labute approximate surface area is 138 Å². The molecule has 23 heavy (non-hydrogen) atoms. The van der Waals surface area contributed by atoms with Crippen molar-refractivity contribution in [1.29, 1.82) is 0 Å². The summed E-state index contributed by atoms with van der Waals surface area (Å²) < 4.78 is 11.5. The third-order valence-electron chi connectivity index (χ3n) is 5.87. The maximum Gasteiger partial charge on any atom is 0.315 e. The van der Waals surface area contributed by atoms with Gasteiger partial charge in [0, 0.05) is 43.6 Å². The molecule has 130 valence electrons. The lowest BCUT2D eigenvalue weighted by Gasteiger charge is -2.35. The minimum absolute atomic E-state index is 0.00550. The number of urea groups is 1. The van der Waals surface area contributed by atoms with Crippen molar-refractivity contribution in [2.24, 2.45) is 0 Å². The van der Waals surface area contributed by atoms with E-state index in [4.69, 9.17) is 9.47 Å². The normalized spacial score (nSPS) is 34.8. The summed E-state index contributed by atoms with van der Waals surface area (Å²) in [5, 5.41) is 6.32. The maximum absolute atomic E-state index is 12.3. The van der Waals surface area contributed by atoms with Crippen molar-refractivity contribution in [3.05, 3.63) is 0 Å². The molecule has 2 saturated heterocycles. The van der Waals surface area contributed by atoms with E-state index in [0.29, 0.717) is 25.3 Å². The van der Waals surface area contributed by atoms with E-state index in [1.807, 2.05) is 0 Å². The van der Waals surface area contributed by atoms with Crippen molar-refractivity contribution in [3.8, 4) is 0 Å². The summed E-state index contributed by atoms with van der Waals surface area (Å²) in [4.78, 5) is 14.8. The highest BCUT2D eigenvalue weighted by atomic mass is 16.7. The number of carbonyl (C=O) groups excluding carboxylic acids is 1. The molecule has 0 aromatic heterocycles. The van der Waals surface area contributed by atoms with Gasteiger partial charge in [-0.15, -0.1) is 0 Å². The first kappa shape index (κ1) is 15.7. The molecule has 4 rings (SSSR count). The summed E-state index contributed by atoms with van der Waals surface area (Å²) >= 11 is 0. The Morgan fingerprint density at radius 1 is 1.04 bits per heavy atom. The van der Waals surface area contributed by atoms with Gasteiger partial charge in [0.2, 0.25) is 0 Å².